The fourth-order valence-electron chi connectivity index (χ4n) is 1.17. The van der Waals surface area contributed by atoms with Gasteiger partial charge in [0.2, 0.25) is 0 Å². The molecule has 0 amide bonds. The lowest BCUT2D eigenvalue weighted by molar-refractivity contribution is -0.0100. The van der Waals surface area contributed by atoms with Gasteiger partial charge in [-0.2, -0.15) is 5.26 Å². The van der Waals surface area contributed by atoms with Crippen LogP contribution in [0.3, 0.4) is 0 Å². The minimum atomic E-state index is -3.16. The van der Waals surface area contributed by atoms with Crippen LogP contribution in [-0.2, 0) is 0 Å². The molecule has 2 nitrogen and oxygen atoms in total. The monoisotopic (exact) mass is 171 g/mol. The van der Waals surface area contributed by atoms with E-state index in [0.29, 0.717) is 0 Å². The van der Waals surface area contributed by atoms with E-state index in [1.54, 1.807) is 5.92 Å². The van der Waals surface area contributed by atoms with E-state index in [1.165, 1.54) is 6.07 Å². The molecule has 12 heavy (non-hydrogen) atoms. The van der Waals surface area contributed by atoms with Crippen molar-refractivity contribution in [2.24, 2.45) is 5.41 Å². The summed E-state index contributed by atoms with van der Waals surface area (Å²) in [6.07, 6.45) is 4.19. The summed E-state index contributed by atoms with van der Waals surface area (Å²) in [4.78, 5) is 0. The standard InChI is InChI=1S/C8H7F2NO/c1-3-6(2,12)7(5-11)4-8(7,9)10/h1,12H,4H2,2H3/t6-,7+/m0/s1. The summed E-state index contributed by atoms with van der Waals surface area (Å²) >= 11 is 0. The second-order valence-electron chi connectivity index (χ2n) is 3.11. The molecule has 0 spiro atoms. The average Bonchev–Trinajstić information content (AvgIpc) is 2.55. The highest BCUT2D eigenvalue weighted by Gasteiger charge is 2.79. The number of halogens is 2. The Morgan fingerprint density at radius 1 is 1.67 bits per heavy atom. The van der Waals surface area contributed by atoms with Gasteiger partial charge in [0.25, 0.3) is 5.92 Å². The van der Waals surface area contributed by atoms with Crippen molar-refractivity contribution in [3.05, 3.63) is 0 Å². The van der Waals surface area contributed by atoms with Crippen LogP contribution in [0.5, 0.6) is 0 Å². The number of rotatable bonds is 1. The van der Waals surface area contributed by atoms with E-state index in [0.717, 1.165) is 6.92 Å². The summed E-state index contributed by atoms with van der Waals surface area (Å²) in [5, 5.41) is 17.8. The number of hydrogen-bond acceptors (Lipinski definition) is 2. The van der Waals surface area contributed by atoms with Gasteiger partial charge < -0.3 is 5.11 Å². The highest BCUT2D eigenvalue weighted by molar-refractivity contribution is 5.35. The lowest BCUT2D eigenvalue weighted by Gasteiger charge is -2.21. The van der Waals surface area contributed by atoms with Crippen LogP contribution in [0.2, 0.25) is 0 Å². The van der Waals surface area contributed by atoms with Crippen molar-refractivity contribution >= 4 is 0 Å². The van der Waals surface area contributed by atoms with Crippen molar-refractivity contribution in [2.45, 2.75) is 24.9 Å². The van der Waals surface area contributed by atoms with Crippen LogP contribution in [0.1, 0.15) is 13.3 Å². The molecule has 0 aromatic rings. The van der Waals surface area contributed by atoms with Crippen LogP contribution < -0.4 is 0 Å². The Morgan fingerprint density at radius 2 is 2.08 bits per heavy atom. The van der Waals surface area contributed by atoms with Crippen molar-refractivity contribution in [1.29, 1.82) is 5.26 Å². The summed E-state index contributed by atoms with van der Waals surface area (Å²) in [5.74, 6) is -1.35. The zero-order valence-electron chi connectivity index (χ0n) is 6.43. The number of alkyl halides is 2. The first kappa shape index (κ1) is 8.96. The molecule has 4 heteroatoms. The number of hydrogen-bond donors (Lipinski definition) is 1. The zero-order valence-corrected chi connectivity index (χ0v) is 6.43. The number of nitrogens with zero attached hydrogens (tertiary/aromatic N) is 1. The lowest BCUT2D eigenvalue weighted by Crippen LogP contribution is -2.37. The molecule has 0 heterocycles. The Morgan fingerprint density at radius 3 is 2.17 bits per heavy atom. The highest BCUT2D eigenvalue weighted by atomic mass is 19.3. The van der Waals surface area contributed by atoms with E-state index in [9.17, 15) is 13.9 Å². The minimum Gasteiger partial charge on any atom is -0.376 e. The number of aliphatic hydroxyl groups is 1. The van der Waals surface area contributed by atoms with E-state index in [2.05, 4.69) is 0 Å². The van der Waals surface area contributed by atoms with Gasteiger partial charge in [-0.05, 0) is 6.92 Å². The van der Waals surface area contributed by atoms with Crippen LogP contribution >= 0.6 is 0 Å². The summed E-state index contributed by atoms with van der Waals surface area (Å²) in [5.41, 5.74) is -4.12. The fraction of sp³-hybridized carbons (Fsp3) is 0.625. The van der Waals surface area contributed by atoms with Gasteiger partial charge in [-0.3, -0.25) is 0 Å². The predicted octanol–water partition coefficient (Wildman–Crippen LogP) is 0.920. The summed E-state index contributed by atoms with van der Waals surface area (Å²) in [6.45, 7) is 1.05. The van der Waals surface area contributed by atoms with Crippen molar-refractivity contribution < 1.29 is 13.9 Å². The normalized spacial score (nSPS) is 35.8. The molecule has 1 aliphatic rings. The molecule has 2 atom stereocenters. The maximum absolute atomic E-state index is 12.7. The lowest BCUT2D eigenvalue weighted by atomic mass is 9.87. The van der Waals surface area contributed by atoms with Gasteiger partial charge in [-0.25, -0.2) is 8.78 Å². The maximum atomic E-state index is 12.7. The number of nitriles is 1. The molecule has 0 aliphatic heterocycles. The fourth-order valence-corrected chi connectivity index (χ4v) is 1.17. The molecule has 1 rings (SSSR count). The first-order valence-electron chi connectivity index (χ1n) is 3.32. The van der Waals surface area contributed by atoms with Crippen LogP contribution in [0.4, 0.5) is 8.78 Å². The Bertz CT molecular complexity index is 297. The molecule has 64 valence electrons. The van der Waals surface area contributed by atoms with Crippen molar-refractivity contribution in [2.75, 3.05) is 0 Å². The topological polar surface area (TPSA) is 44.0 Å². The molecule has 1 fully saturated rings. The first-order chi connectivity index (χ1) is 5.33. The van der Waals surface area contributed by atoms with E-state index in [4.69, 9.17) is 11.7 Å². The zero-order chi connectivity index (χ0) is 9.62. The molecule has 0 bridgehead atoms. The molecule has 0 unspecified atom stereocenters. The molecule has 0 aromatic carbocycles. The minimum absolute atomic E-state index is 0.659. The molecule has 1 saturated carbocycles. The Kier molecular flexibility index (Phi) is 1.47. The summed E-state index contributed by atoms with van der Waals surface area (Å²) in [7, 11) is 0. The van der Waals surface area contributed by atoms with Gasteiger partial charge in [-0.15, -0.1) is 6.42 Å². The van der Waals surface area contributed by atoms with Gasteiger partial charge in [0.05, 0.1) is 6.07 Å². The molecular formula is C8H7F2NO. The van der Waals surface area contributed by atoms with Crippen molar-refractivity contribution in [1.82, 2.24) is 0 Å². The largest absolute Gasteiger partial charge is 0.376 e. The average molecular weight is 171 g/mol. The van der Waals surface area contributed by atoms with Gasteiger partial charge in [0.15, 0.2) is 5.41 Å². The molecule has 0 aromatic heterocycles. The van der Waals surface area contributed by atoms with Gasteiger partial charge in [0.1, 0.15) is 5.60 Å². The van der Waals surface area contributed by atoms with Crippen molar-refractivity contribution in [3.8, 4) is 18.4 Å². The smallest absolute Gasteiger partial charge is 0.272 e. The number of terminal acetylenes is 1. The van der Waals surface area contributed by atoms with Gasteiger partial charge >= 0.3 is 0 Å². The third-order valence-electron chi connectivity index (χ3n) is 2.29. The van der Waals surface area contributed by atoms with Gasteiger partial charge in [0, 0.05) is 6.42 Å². The second-order valence-corrected chi connectivity index (χ2v) is 3.11. The highest BCUT2D eigenvalue weighted by Crippen LogP contribution is 2.65. The van der Waals surface area contributed by atoms with E-state index < -0.39 is 23.4 Å². The van der Waals surface area contributed by atoms with E-state index >= 15 is 0 Å². The third-order valence-corrected chi connectivity index (χ3v) is 2.29. The second kappa shape index (κ2) is 1.97. The Balaban J connectivity index is 3.06. The Labute approximate surface area is 68.8 Å². The molecule has 1 aliphatic carbocycles. The molecule has 1 N–H and O–H groups in total. The first-order valence-corrected chi connectivity index (χ1v) is 3.32. The van der Waals surface area contributed by atoms with Crippen LogP contribution in [0.15, 0.2) is 0 Å². The van der Waals surface area contributed by atoms with Crippen LogP contribution in [0.25, 0.3) is 0 Å². The molecule has 0 saturated heterocycles. The van der Waals surface area contributed by atoms with Crippen LogP contribution in [-0.4, -0.2) is 16.6 Å². The summed E-state index contributed by atoms with van der Waals surface area (Å²) < 4.78 is 25.3. The molecular weight excluding hydrogens is 164 g/mol. The van der Waals surface area contributed by atoms with E-state index in [-0.39, 0.29) is 0 Å². The SMILES string of the molecule is C#C[C@](C)(O)[C@]1(C#N)CC1(F)F. The third kappa shape index (κ3) is 0.761. The molecule has 0 radical (unpaired) electrons. The van der Waals surface area contributed by atoms with Gasteiger partial charge in [-0.1, -0.05) is 5.92 Å². The van der Waals surface area contributed by atoms with E-state index in [1.807, 2.05) is 0 Å². The maximum Gasteiger partial charge on any atom is 0.272 e. The Hall–Kier alpha value is -1.13. The predicted molar refractivity (Wildman–Crippen MR) is 37.1 cm³/mol. The summed E-state index contributed by atoms with van der Waals surface area (Å²) in [6, 6.07) is 1.39. The van der Waals surface area contributed by atoms with Crippen molar-refractivity contribution in [3.63, 3.8) is 0 Å². The quantitative estimate of drug-likeness (QED) is 0.596. The van der Waals surface area contributed by atoms with Crippen LogP contribution in [0, 0.1) is 29.1 Å².